The highest BCUT2D eigenvalue weighted by Gasteiger charge is 2.16. The maximum absolute atomic E-state index is 11.8. The number of methoxy groups -OCH3 is 1. The number of hydrogen-bond acceptors (Lipinski definition) is 4. The van der Waals surface area contributed by atoms with Gasteiger partial charge in [-0.2, -0.15) is 5.26 Å². The van der Waals surface area contributed by atoms with Crippen LogP contribution in [0.15, 0.2) is 23.0 Å². The van der Waals surface area contributed by atoms with E-state index in [-0.39, 0.29) is 11.3 Å². The summed E-state index contributed by atoms with van der Waals surface area (Å²) in [5.74, 6) is 0.493. The van der Waals surface area contributed by atoms with E-state index in [0.29, 0.717) is 22.6 Å². The fraction of sp³-hybridized carbons (Fsp3) is 0.200. The molecule has 5 nitrogen and oxygen atoms in total. The van der Waals surface area contributed by atoms with E-state index in [0.717, 1.165) is 5.56 Å². The molecule has 1 aromatic carbocycles. The van der Waals surface area contributed by atoms with Crippen molar-refractivity contribution < 1.29 is 9.84 Å². The van der Waals surface area contributed by atoms with Gasteiger partial charge in [-0.15, -0.1) is 0 Å². The molecule has 0 saturated carbocycles. The zero-order chi connectivity index (χ0) is 14.9. The summed E-state index contributed by atoms with van der Waals surface area (Å²) in [6.07, 6.45) is 0. The number of aromatic amines is 1. The molecule has 1 heterocycles. The van der Waals surface area contributed by atoms with Crippen molar-refractivity contribution in [3.05, 3.63) is 45.4 Å². The lowest BCUT2D eigenvalue weighted by molar-refractivity contribution is 0.407. The normalized spacial score (nSPS) is 10.1. The Morgan fingerprint density at radius 1 is 1.30 bits per heavy atom. The van der Waals surface area contributed by atoms with Crippen LogP contribution in [-0.2, 0) is 0 Å². The molecule has 2 aromatic rings. The number of benzene rings is 1. The fourth-order valence-corrected chi connectivity index (χ4v) is 2.20. The van der Waals surface area contributed by atoms with Crippen LogP contribution in [0, 0.1) is 25.2 Å². The number of nitrogens with one attached hydrogen (secondary N) is 1. The van der Waals surface area contributed by atoms with Gasteiger partial charge in [-0.25, -0.2) is 0 Å². The Morgan fingerprint density at radius 2 is 2.00 bits per heavy atom. The number of aromatic nitrogens is 1. The third-order valence-electron chi connectivity index (χ3n) is 3.07. The number of rotatable bonds is 2. The number of pyridine rings is 1. The Morgan fingerprint density at radius 3 is 2.55 bits per heavy atom. The summed E-state index contributed by atoms with van der Waals surface area (Å²) in [5, 5.41) is 19.3. The molecule has 0 spiro atoms. The number of phenolic OH excluding ortho intramolecular Hbond substituents is 1. The number of nitrogens with zero attached hydrogens (tertiary/aromatic N) is 1. The summed E-state index contributed by atoms with van der Waals surface area (Å²) in [4.78, 5) is 14.4. The molecular weight excluding hydrogens is 256 g/mol. The number of ether oxygens (including phenoxy) is 1. The van der Waals surface area contributed by atoms with Gasteiger partial charge in [0, 0.05) is 22.9 Å². The molecule has 20 heavy (non-hydrogen) atoms. The van der Waals surface area contributed by atoms with Gasteiger partial charge in [0.25, 0.3) is 5.56 Å². The molecule has 0 aliphatic carbocycles. The van der Waals surface area contributed by atoms with Crippen molar-refractivity contribution in [1.29, 1.82) is 5.26 Å². The molecule has 0 amide bonds. The summed E-state index contributed by atoms with van der Waals surface area (Å²) in [5.41, 5.74) is 1.77. The molecule has 2 rings (SSSR count). The van der Waals surface area contributed by atoms with Crippen molar-refractivity contribution in [2.75, 3.05) is 7.11 Å². The lowest BCUT2D eigenvalue weighted by Gasteiger charge is -2.12. The Bertz CT molecular complexity index is 747. The molecular formula is C15H14N2O3. The van der Waals surface area contributed by atoms with E-state index in [4.69, 9.17) is 10.00 Å². The van der Waals surface area contributed by atoms with E-state index < -0.39 is 5.56 Å². The first kappa shape index (κ1) is 13.7. The minimum absolute atomic E-state index is 0.0147. The molecule has 5 heteroatoms. The largest absolute Gasteiger partial charge is 0.507 e. The van der Waals surface area contributed by atoms with E-state index in [1.54, 1.807) is 26.0 Å². The van der Waals surface area contributed by atoms with Crippen LogP contribution in [0.4, 0.5) is 0 Å². The number of nitriles is 1. The minimum Gasteiger partial charge on any atom is -0.507 e. The predicted molar refractivity (Wildman–Crippen MR) is 74.9 cm³/mol. The zero-order valence-corrected chi connectivity index (χ0v) is 11.4. The van der Waals surface area contributed by atoms with Crippen LogP contribution < -0.4 is 10.3 Å². The standard InChI is InChI=1S/C15H14N2O3/c1-8-4-10(20-3)6-13(18)14(8)11-5-9(2)17-15(19)12(11)7-16/h4-6,18H,1-3H3,(H,17,19). The molecule has 0 aliphatic rings. The van der Waals surface area contributed by atoms with Gasteiger partial charge in [-0.3, -0.25) is 4.79 Å². The highest BCUT2D eigenvalue weighted by Crippen LogP contribution is 2.36. The average molecular weight is 270 g/mol. The Labute approximate surface area is 116 Å². The first-order valence-electron chi connectivity index (χ1n) is 6.00. The number of phenols is 1. The van der Waals surface area contributed by atoms with Crippen LogP contribution in [0.1, 0.15) is 16.8 Å². The molecule has 0 atom stereocenters. The third kappa shape index (κ3) is 2.24. The Balaban J connectivity index is 2.82. The van der Waals surface area contributed by atoms with Gasteiger partial charge < -0.3 is 14.8 Å². The number of aryl methyl sites for hydroxylation is 2. The van der Waals surface area contributed by atoms with E-state index in [2.05, 4.69) is 4.98 Å². The van der Waals surface area contributed by atoms with E-state index in [1.807, 2.05) is 6.07 Å². The molecule has 0 radical (unpaired) electrons. The second kappa shape index (κ2) is 5.10. The van der Waals surface area contributed by atoms with Crippen molar-refractivity contribution in [3.8, 4) is 28.7 Å². The first-order valence-corrected chi connectivity index (χ1v) is 6.00. The predicted octanol–water partition coefficient (Wildman–Crippen LogP) is 2.24. The molecule has 0 unspecified atom stereocenters. The summed E-state index contributed by atoms with van der Waals surface area (Å²) < 4.78 is 5.08. The van der Waals surface area contributed by atoms with Crippen LogP contribution in [0.25, 0.3) is 11.1 Å². The van der Waals surface area contributed by atoms with Crippen LogP contribution in [0.2, 0.25) is 0 Å². The molecule has 0 aliphatic heterocycles. The van der Waals surface area contributed by atoms with Crippen molar-refractivity contribution in [2.45, 2.75) is 13.8 Å². The van der Waals surface area contributed by atoms with E-state index >= 15 is 0 Å². The molecule has 0 fully saturated rings. The first-order chi connectivity index (χ1) is 9.47. The average Bonchev–Trinajstić information content (AvgIpc) is 2.37. The van der Waals surface area contributed by atoms with Crippen LogP contribution >= 0.6 is 0 Å². The quantitative estimate of drug-likeness (QED) is 0.876. The smallest absolute Gasteiger partial charge is 0.266 e. The van der Waals surface area contributed by atoms with Crippen molar-refractivity contribution in [1.82, 2.24) is 4.98 Å². The highest BCUT2D eigenvalue weighted by molar-refractivity contribution is 5.79. The summed E-state index contributed by atoms with van der Waals surface area (Å²) in [6.45, 7) is 3.51. The second-order valence-corrected chi connectivity index (χ2v) is 4.52. The van der Waals surface area contributed by atoms with Crippen LogP contribution in [-0.4, -0.2) is 17.2 Å². The van der Waals surface area contributed by atoms with Gasteiger partial charge in [0.15, 0.2) is 0 Å². The third-order valence-corrected chi connectivity index (χ3v) is 3.07. The van der Waals surface area contributed by atoms with Crippen molar-refractivity contribution in [2.24, 2.45) is 0 Å². The topological polar surface area (TPSA) is 86.1 Å². The van der Waals surface area contributed by atoms with Gasteiger partial charge in [0.05, 0.1) is 7.11 Å². The molecule has 1 aromatic heterocycles. The van der Waals surface area contributed by atoms with Crippen molar-refractivity contribution >= 4 is 0 Å². The number of aromatic hydroxyl groups is 1. The minimum atomic E-state index is -0.461. The van der Waals surface area contributed by atoms with Gasteiger partial charge in [-0.1, -0.05) is 0 Å². The van der Waals surface area contributed by atoms with Gasteiger partial charge >= 0.3 is 0 Å². The Kier molecular flexibility index (Phi) is 3.49. The summed E-state index contributed by atoms with van der Waals surface area (Å²) in [7, 11) is 1.51. The summed E-state index contributed by atoms with van der Waals surface area (Å²) in [6, 6.07) is 6.76. The summed E-state index contributed by atoms with van der Waals surface area (Å²) >= 11 is 0. The second-order valence-electron chi connectivity index (χ2n) is 4.52. The number of H-pyrrole nitrogens is 1. The van der Waals surface area contributed by atoms with Gasteiger partial charge in [0.1, 0.15) is 23.1 Å². The molecule has 0 bridgehead atoms. The monoisotopic (exact) mass is 270 g/mol. The maximum Gasteiger partial charge on any atom is 0.266 e. The SMILES string of the molecule is COc1cc(C)c(-c2cc(C)[nH]c(=O)c2C#N)c(O)c1. The zero-order valence-electron chi connectivity index (χ0n) is 11.4. The highest BCUT2D eigenvalue weighted by atomic mass is 16.5. The lowest BCUT2D eigenvalue weighted by atomic mass is 9.95. The van der Waals surface area contributed by atoms with Gasteiger partial charge in [0.2, 0.25) is 0 Å². The molecule has 2 N–H and O–H groups in total. The maximum atomic E-state index is 11.8. The molecule has 0 saturated heterocycles. The van der Waals surface area contributed by atoms with Gasteiger partial charge in [-0.05, 0) is 31.5 Å². The van der Waals surface area contributed by atoms with E-state index in [9.17, 15) is 9.90 Å². The fourth-order valence-electron chi connectivity index (χ4n) is 2.20. The molecule has 102 valence electrons. The Hall–Kier alpha value is -2.74. The van der Waals surface area contributed by atoms with Crippen molar-refractivity contribution in [3.63, 3.8) is 0 Å². The van der Waals surface area contributed by atoms with Crippen LogP contribution in [0.5, 0.6) is 11.5 Å². The van der Waals surface area contributed by atoms with E-state index in [1.165, 1.54) is 13.2 Å². The van der Waals surface area contributed by atoms with Crippen LogP contribution in [0.3, 0.4) is 0 Å². The lowest BCUT2D eigenvalue weighted by Crippen LogP contribution is -2.13. The number of hydrogen-bond donors (Lipinski definition) is 2.